The van der Waals surface area contributed by atoms with Crippen LogP contribution in [0.4, 0.5) is 0 Å². The third kappa shape index (κ3) is 4.72. The van der Waals surface area contributed by atoms with E-state index in [0.29, 0.717) is 22.7 Å². The Bertz CT molecular complexity index is 1170. The Hall–Kier alpha value is -3.13. The molecule has 0 radical (unpaired) electrons. The van der Waals surface area contributed by atoms with Crippen molar-refractivity contribution in [2.24, 2.45) is 5.92 Å². The first-order valence-electron chi connectivity index (χ1n) is 11.9. The lowest BCUT2D eigenvalue weighted by Crippen LogP contribution is -2.54. The molecule has 4 rings (SSSR count). The molecule has 1 aliphatic heterocycles. The zero-order valence-corrected chi connectivity index (χ0v) is 21.6. The molecule has 7 nitrogen and oxygen atoms in total. The molecule has 1 N–H and O–H groups in total. The van der Waals surface area contributed by atoms with Gasteiger partial charge in [-0.3, -0.25) is 14.8 Å². The molecule has 1 aliphatic rings. The number of aromatic nitrogens is 3. The van der Waals surface area contributed by atoms with Crippen molar-refractivity contribution in [2.75, 3.05) is 0 Å². The molecule has 0 spiro atoms. The Morgan fingerprint density at radius 3 is 2.37 bits per heavy atom. The second-order valence-corrected chi connectivity index (χ2v) is 11.6. The summed E-state index contributed by atoms with van der Waals surface area (Å²) in [5, 5.41) is 13.2. The van der Waals surface area contributed by atoms with Crippen molar-refractivity contribution in [2.45, 2.75) is 70.4 Å². The zero-order valence-electron chi connectivity index (χ0n) is 20.8. The van der Waals surface area contributed by atoms with E-state index in [1.54, 1.807) is 41.8 Å². The van der Waals surface area contributed by atoms with Crippen molar-refractivity contribution in [1.29, 1.82) is 0 Å². The third-order valence-electron chi connectivity index (χ3n) is 6.71. The number of thiazole rings is 1. The highest BCUT2D eigenvalue weighted by molar-refractivity contribution is 7.09. The average Bonchev–Trinajstić information content (AvgIpc) is 3.45. The van der Waals surface area contributed by atoms with E-state index < -0.39 is 17.6 Å². The molecular formula is C27H32N4O3S. The fraction of sp³-hybridized carbons (Fsp3) is 0.444. The van der Waals surface area contributed by atoms with Gasteiger partial charge >= 0.3 is 5.97 Å². The topological polar surface area (TPSA) is 96.3 Å². The predicted molar refractivity (Wildman–Crippen MR) is 135 cm³/mol. The summed E-state index contributed by atoms with van der Waals surface area (Å²) < 4.78 is 0. The van der Waals surface area contributed by atoms with E-state index in [-0.39, 0.29) is 29.6 Å². The van der Waals surface area contributed by atoms with E-state index in [2.05, 4.69) is 35.7 Å². The summed E-state index contributed by atoms with van der Waals surface area (Å²) in [6.07, 6.45) is 7.13. The largest absolute Gasteiger partial charge is 0.479 e. The van der Waals surface area contributed by atoms with Gasteiger partial charge in [0.25, 0.3) is 5.91 Å². The number of rotatable bonds is 6. The number of amides is 1. The standard InChI is InChI=1S/C27H32N4O3S/c1-17(2)14-27(25(33)34)15-20(21-16-28-10-11-29-21)22(23-30-12-13-35-23)31(27)24(32)18-6-8-19(9-7-18)26(3,4)5/h6-13,16-17,20,22H,14-15H2,1-5H3,(H,33,34)/t20-,22+,27-/m0/s1. The Morgan fingerprint density at radius 2 is 1.86 bits per heavy atom. The van der Waals surface area contributed by atoms with Crippen molar-refractivity contribution in [3.8, 4) is 0 Å². The maximum atomic E-state index is 14.2. The highest BCUT2D eigenvalue weighted by atomic mass is 32.1. The Kier molecular flexibility index (Phi) is 6.77. The summed E-state index contributed by atoms with van der Waals surface area (Å²) in [5.74, 6) is -1.59. The highest BCUT2D eigenvalue weighted by Gasteiger charge is 2.60. The van der Waals surface area contributed by atoms with Crippen LogP contribution < -0.4 is 0 Å². The number of carboxylic acid groups (broad SMARTS) is 1. The molecule has 1 aromatic carbocycles. The van der Waals surface area contributed by atoms with Crippen LogP contribution in [-0.2, 0) is 10.2 Å². The Balaban J connectivity index is 1.89. The predicted octanol–water partition coefficient (Wildman–Crippen LogP) is 5.47. The lowest BCUT2D eigenvalue weighted by molar-refractivity contribution is -0.150. The summed E-state index contributed by atoms with van der Waals surface area (Å²) in [4.78, 5) is 42.1. The van der Waals surface area contributed by atoms with Crippen LogP contribution in [-0.4, -0.2) is 42.4 Å². The fourth-order valence-corrected chi connectivity index (χ4v) is 5.95. The quantitative estimate of drug-likeness (QED) is 0.490. The zero-order chi connectivity index (χ0) is 25.4. The number of likely N-dealkylation sites (tertiary alicyclic amines) is 1. The van der Waals surface area contributed by atoms with Crippen molar-refractivity contribution in [3.63, 3.8) is 0 Å². The summed E-state index contributed by atoms with van der Waals surface area (Å²) in [6.45, 7) is 10.3. The van der Waals surface area contributed by atoms with Crippen LogP contribution in [0.5, 0.6) is 0 Å². The molecule has 3 aromatic rings. The van der Waals surface area contributed by atoms with Crippen molar-refractivity contribution in [1.82, 2.24) is 19.9 Å². The van der Waals surface area contributed by atoms with Gasteiger partial charge in [-0.05, 0) is 41.9 Å². The highest BCUT2D eigenvalue weighted by Crippen LogP contribution is 2.54. The third-order valence-corrected chi connectivity index (χ3v) is 7.55. The lowest BCUT2D eigenvalue weighted by Gasteiger charge is -2.38. The van der Waals surface area contributed by atoms with Gasteiger partial charge < -0.3 is 10.0 Å². The SMILES string of the molecule is CC(C)C[C@@]1(C(=O)O)C[C@@H](c2cnccn2)[C@H](c2nccs2)N1C(=O)c1ccc(C(C)(C)C)cc1. The van der Waals surface area contributed by atoms with Gasteiger partial charge in [-0.2, -0.15) is 0 Å². The van der Waals surface area contributed by atoms with Crippen LogP contribution in [0, 0.1) is 5.92 Å². The van der Waals surface area contributed by atoms with Gasteiger partial charge in [0.2, 0.25) is 0 Å². The molecular weight excluding hydrogens is 460 g/mol. The molecule has 3 atom stereocenters. The summed E-state index contributed by atoms with van der Waals surface area (Å²) >= 11 is 1.43. The fourth-order valence-electron chi connectivity index (χ4n) is 5.16. The molecule has 3 heterocycles. The smallest absolute Gasteiger partial charge is 0.329 e. The van der Waals surface area contributed by atoms with Crippen LogP contribution in [0.3, 0.4) is 0 Å². The average molecular weight is 493 g/mol. The minimum atomic E-state index is -1.40. The number of benzene rings is 1. The number of carbonyl (C=O) groups is 2. The van der Waals surface area contributed by atoms with Gasteiger partial charge in [0.05, 0.1) is 11.7 Å². The van der Waals surface area contributed by atoms with E-state index in [9.17, 15) is 14.7 Å². The second kappa shape index (κ2) is 9.49. The molecule has 35 heavy (non-hydrogen) atoms. The number of hydrogen-bond acceptors (Lipinski definition) is 6. The van der Waals surface area contributed by atoms with Gasteiger partial charge in [0.1, 0.15) is 10.5 Å². The Labute approximate surface area is 210 Å². The number of carbonyl (C=O) groups excluding carboxylic acids is 1. The molecule has 184 valence electrons. The monoisotopic (exact) mass is 492 g/mol. The van der Waals surface area contributed by atoms with Gasteiger partial charge in [-0.15, -0.1) is 11.3 Å². The van der Waals surface area contributed by atoms with Gasteiger partial charge in [-0.1, -0.05) is 46.8 Å². The minimum absolute atomic E-state index is 0.0574. The number of hydrogen-bond donors (Lipinski definition) is 1. The molecule has 1 fully saturated rings. The number of nitrogens with zero attached hydrogens (tertiary/aromatic N) is 4. The van der Waals surface area contributed by atoms with Crippen molar-refractivity contribution in [3.05, 3.63) is 76.3 Å². The summed E-state index contributed by atoms with van der Waals surface area (Å²) in [5.41, 5.74) is 0.787. The van der Waals surface area contributed by atoms with E-state index >= 15 is 0 Å². The normalized spacial score (nSPS) is 22.5. The second-order valence-electron chi connectivity index (χ2n) is 10.7. The Morgan fingerprint density at radius 1 is 1.14 bits per heavy atom. The lowest BCUT2D eigenvalue weighted by atomic mass is 9.83. The van der Waals surface area contributed by atoms with Gasteiger partial charge in [0.15, 0.2) is 0 Å². The van der Waals surface area contributed by atoms with Crippen molar-refractivity contribution < 1.29 is 14.7 Å². The first-order chi connectivity index (χ1) is 16.5. The van der Waals surface area contributed by atoms with E-state index in [4.69, 9.17) is 0 Å². The summed E-state index contributed by atoms with van der Waals surface area (Å²) in [6, 6.07) is 6.95. The van der Waals surface area contributed by atoms with Crippen molar-refractivity contribution >= 4 is 23.2 Å². The van der Waals surface area contributed by atoms with Crippen LogP contribution in [0.25, 0.3) is 0 Å². The van der Waals surface area contributed by atoms with Crippen LogP contribution in [0.15, 0.2) is 54.4 Å². The maximum absolute atomic E-state index is 14.2. The van der Waals surface area contributed by atoms with E-state index in [1.165, 1.54) is 11.3 Å². The first-order valence-corrected chi connectivity index (χ1v) is 12.8. The molecule has 0 unspecified atom stereocenters. The minimum Gasteiger partial charge on any atom is -0.479 e. The molecule has 1 saturated heterocycles. The molecule has 8 heteroatoms. The van der Waals surface area contributed by atoms with Crippen LogP contribution >= 0.6 is 11.3 Å². The van der Waals surface area contributed by atoms with Crippen LogP contribution in [0.1, 0.15) is 86.0 Å². The van der Waals surface area contributed by atoms with Gasteiger partial charge in [0, 0.05) is 41.6 Å². The molecule has 2 aromatic heterocycles. The molecule has 0 saturated carbocycles. The van der Waals surface area contributed by atoms with E-state index in [0.717, 1.165) is 5.56 Å². The molecule has 0 bridgehead atoms. The molecule has 0 aliphatic carbocycles. The number of carboxylic acids is 1. The van der Waals surface area contributed by atoms with Crippen LogP contribution in [0.2, 0.25) is 0 Å². The maximum Gasteiger partial charge on any atom is 0.329 e. The number of aliphatic carboxylic acids is 1. The summed E-state index contributed by atoms with van der Waals surface area (Å²) in [7, 11) is 0. The first kappa shape index (κ1) is 25.0. The van der Waals surface area contributed by atoms with E-state index in [1.807, 2.05) is 31.4 Å². The molecule has 1 amide bonds. The van der Waals surface area contributed by atoms with Gasteiger partial charge in [-0.25, -0.2) is 9.78 Å².